The summed E-state index contributed by atoms with van der Waals surface area (Å²) in [7, 11) is 0. The Balaban J connectivity index is 1.38. The van der Waals surface area contributed by atoms with Gasteiger partial charge in [-0.05, 0) is 12.1 Å². The molecule has 0 saturated carbocycles. The van der Waals surface area contributed by atoms with Crippen LogP contribution in [0.25, 0.3) is 5.52 Å². The first kappa shape index (κ1) is 14.8. The summed E-state index contributed by atoms with van der Waals surface area (Å²) < 4.78 is 3.36. The van der Waals surface area contributed by atoms with Crippen LogP contribution in [0.4, 0.5) is 5.82 Å². The van der Waals surface area contributed by atoms with Crippen LogP contribution in [0.2, 0.25) is 0 Å². The SMILES string of the molecule is O=c1cccnn1CCN1CCN(c2nccn3nccc23)CC1. The summed E-state index contributed by atoms with van der Waals surface area (Å²) in [6.45, 7) is 5.16. The standard InChI is InChI=1S/C16H19N7O/c24-15-2-1-4-18-23(15)13-10-20-8-11-21(12-9-20)16-14-3-5-19-22(14)7-6-17-16/h1-7H,8-13H2. The average molecular weight is 325 g/mol. The highest BCUT2D eigenvalue weighted by Crippen LogP contribution is 2.19. The molecule has 0 N–H and O–H groups in total. The van der Waals surface area contributed by atoms with E-state index in [2.05, 4.69) is 25.0 Å². The van der Waals surface area contributed by atoms with Gasteiger partial charge in [0.2, 0.25) is 0 Å². The lowest BCUT2D eigenvalue weighted by molar-refractivity contribution is 0.242. The molecule has 1 aliphatic rings. The van der Waals surface area contributed by atoms with Crippen LogP contribution in [0.1, 0.15) is 0 Å². The Bertz CT molecular complexity index is 879. The van der Waals surface area contributed by atoms with Crippen molar-refractivity contribution in [1.29, 1.82) is 0 Å². The van der Waals surface area contributed by atoms with Crippen molar-refractivity contribution in [3.8, 4) is 0 Å². The van der Waals surface area contributed by atoms with E-state index in [1.807, 2.05) is 16.8 Å². The average Bonchev–Trinajstić information content (AvgIpc) is 3.10. The van der Waals surface area contributed by atoms with Crippen LogP contribution in [-0.4, -0.2) is 62.0 Å². The Labute approximate surface area is 138 Å². The summed E-state index contributed by atoms with van der Waals surface area (Å²) in [5.74, 6) is 0.982. The summed E-state index contributed by atoms with van der Waals surface area (Å²) in [6.07, 6.45) is 7.09. The third-order valence-electron chi connectivity index (χ3n) is 4.39. The number of piperazine rings is 1. The molecule has 8 nitrogen and oxygen atoms in total. The predicted octanol–water partition coefficient (Wildman–Crippen LogP) is 0.108. The minimum atomic E-state index is -0.0484. The first-order valence-electron chi connectivity index (χ1n) is 8.09. The second-order valence-corrected chi connectivity index (χ2v) is 5.83. The van der Waals surface area contributed by atoms with Gasteiger partial charge in [-0.2, -0.15) is 10.2 Å². The fraction of sp³-hybridized carbons (Fsp3) is 0.375. The summed E-state index contributed by atoms with van der Waals surface area (Å²) >= 11 is 0. The lowest BCUT2D eigenvalue weighted by Crippen LogP contribution is -2.48. The molecular weight excluding hydrogens is 306 g/mol. The molecule has 3 aromatic heterocycles. The minimum Gasteiger partial charge on any atom is -0.352 e. The Kier molecular flexibility index (Phi) is 3.96. The molecule has 4 heterocycles. The lowest BCUT2D eigenvalue weighted by atomic mass is 10.3. The molecule has 0 spiro atoms. The van der Waals surface area contributed by atoms with Gasteiger partial charge >= 0.3 is 0 Å². The van der Waals surface area contributed by atoms with Crippen molar-refractivity contribution in [3.63, 3.8) is 0 Å². The van der Waals surface area contributed by atoms with Crippen molar-refractivity contribution < 1.29 is 0 Å². The van der Waals surface area contributed by atoms with Crippen LogP contribution >= 0.6 is 0 Å². The molecule has 0 aromatic carbocycles. The van der Waals surface area contributed by atoms with Crippen molar-refractivity contribution in [2.75, 3.05) is 37.6 Å². The van der Waals surface area contributed by atoms with E-state index in [1.165, 1.54) is 4.68 Å². The molecule has 3 aromatic rings. The van der Waals surface area contributed by atoms with E-state index in [1.54, 1.807) is 30.7 Å². The molecule has 124 valence electrons. The first-order valence-corrected chi connectivity index (χ1v) is 8.09. The molecule has 0 radical (unpaired) electrons. The van der Waals surface area contributed by atoms with Gasteiger partial charge in [0, 0.05) is 57.4 Å². The molecule has 0 atom stereocenters. The monoisotopic (exact) mass is 325 g/mol. The fourth-order valence-corrected chi connectivity index (χ4v) is 3.06. The molecule has 1 saturated heterocycles. The Hall–Kier alpha value is -2.74. The topological polar surface area (TPSA) is 71.6 Å². The molecule has 0 bridgehead atoms. The van der Waals surface area contributed by atoms with Crippen molar-refractivity contribution in [3.05, 3.63) is 53.3 Å². The van der Waals surface area contributed by atoms with Crippen LogP contribution in [-0.2, 0) is 6.54 Å². The third kappa shape index (κ3) is 2.88. The maximum absolute atomic E-state index is 11.7. The zero-order chi connectivity index (χ0) is 16.4. The second kappa shape index (κ2) is 6.40. The van der Waals surface area contributed by atoms with E-state index in [9.17, 15) is 4.79 Å². The maximum atomic E-state index is 11.7. The quantitative estimate of drug-likeness (QED) is 0.678. The number of hydrogen-bond acceptors (Lipinski definition) is 6. The van der Waals surface area contributed by atoms with Crippen molar-refractivity contribution >= 4 is 11.3 Å². The number of aromatic nitrogens is 5. The van der Waals surface area contributed by atoms with Gasteiger partial charge in [0.15, 0.2) is 5.82 Å². The van der Waals surface area contributed by atoms with E-state index in [0.29, 0.717) is 6.54 Å². The van der Waals surface area contributed by atoms with Gasteiger partial charge in [0.05, 0.1) is 12.7 Å². The summed E-state index contributed by atoms with van der Waals surface area (Å²) in [6, 6.07) is 5.20. The molecular formula is C16H19N7O. The number of hydrogen-bond donors (Lipinski definition) is 0. The predicted molar refractivity (Wildman–Crippen MR) is 90.1 cm³/mol. The second-order valence-electron chi connectivity index (χ2n) is 5.83. The third-order valence-corrected chi connectivity index (χ3v) is 4.39. The van der Waals surface area contributed by atoms with Crippen LogP contribution in [0.5, 0.6) is 0 Å². The minimum absolute atomic E-state index is 0.0484. The summed E-state index contributed by atoms with van der Waals surface area (Å²) in [5, 5.41) is 8.36. The van der Waals surface area contributed by atoms with Gasteiger partial charge in [-0.25, -0.2) is 14.2 Å². The van der Waals surface area contributed by atoms with E-state index in [0.717, 1.165) is 44.1 Å². The molecule has 8 heteroatoms. The summed E-state index contributed by atoms with van der Waals surface area (Å²) in [4.78, 5) is 20.9. The van der Waals surface area contributed by atoms with E-state index >= 15 is 0 Å². The number of fused-ring (bicyclic) bond motifs is 1. The Morgan fingerprint density at radius 1 is 0.958 bits per heavy atom. The zero-order valence-electron chi connectivity index (χ0n) is 13.3. The first-order chi connectivity index (χ1) is 11.8. The van der Waals surface area contributed by atoms with Gasteiger partial charge in [-0.15, -0.1) is 0 Å². The van der Waals surface area contributed by atoms with E-state index < -0.39 is 0 Å². The lowest BCUT2D eigenvalue weighted by Gasteiger charge is -2.35. The highest BCUT2D eigenvalue weighted by molar-refractivity contribution is 5.68. The van der Waals surface area contributed by atoms with Gasteiger partial charge in [-0.1, -0.05) is 0 Å². The fourth-order valence-electron chi connectivity index (χ4n) is 3.06. The Morgan fingerprint density at radius 3 is 2.67 bits per heavy atom. The van der Waals surface area contributed by atoms with E-state index in [-0.39, 0.29) is 5.56 Å². The smallest absolute Gasteiger partial charge is 0.266 e. The molecule has 1 fully saturated rings. The summed E-state index contributed by atoms with van der Waals surface area (Å²) in [5.41, 5.74) is 0.985. The zero-order valence-corrected chi connectivity index (χ0v) is 13.3. The van der Waals surface area contributed by atoms with E-state index in [4.69, 9.17) is 0 Å². The molecule has 4 rings (SSSR count). The van der Waals surface area contributed by atoms with Gasteiger partial charge in [0.1, 0.15) is 5.52 Å². The number of anilines is 1. The highest BCUT2D eigenvalue weighted by atomic mass is 16.1. The van der Waals surface area contributed by atoms with Crippen LogP contribution in [0.15, 0.2) is 47.8 Å². The van der Waals surface area contributed by atoms with Gasteiger partial charge < -0.3 is 4.90 Å². The molecule has 0 unspecified atom stereocenters. The largest absolute Gasteiger partial charge is 0.352 e. The van der Waals surface area contributed by atoms with Crippen LogP contribution in [0.3, 0.4) is 0 Å². The van der Waals surface area contributed by atoms with Crippen molar-refractivity contribution in [2.45, 2.75) is 6.54 Å². The normalized spacial score (nSPS) is 15.9. The van der Waals surface area contributed by atoms with Crippen LogP contribution in [0, 0.1) is 0 Å². The molecule has 24 heavy (non-hydrogen) atoms. The Morgan fingerprint density at radius 2 is 1.83 bits per heavy atom. The highest BCUT2D eigenvalue weighted by Gasteiger charge is 2.19. The van der Waals surface area contributed by atoms with Gasteiger partial charge in [0.25, 0.3) is 5.56 Å². The maximum Gasteiger partial charge on any atom is 0.266 e. The number of nitrogens with zero attached hydrogens (tertiary/aromatic N) is 7. The van der Waals surface area contributed by atoms with Crippen molar-refractivity contribution in [1.82, 2.24) is 29.3 Å². The van der Waals surface area contributed by atoms with Gasteiger partial charge in [-0.3, -0.25) is 9.69 Å². The van der Waals surface area contributed by atoms with Crippen LogP contribution < -0.4 is 10.5 Å². The molecule has 1 aliphatic heterocycles. The number of rotatable bonds is 4. The van der Waals surface area contributed by atoms with Crippen molar-refractivity contribution in [2.24, 2.45) is 0 Å². The molecule has 0 aliphatic carbocycles. The molecule has 0 amide bonds.